The zero-order valence-corrected chi connectivity index (χ0v) is 65.4. The SMILES string of the molecule is c1ccc(-c2nc(-c3ccccc3)nc(-c3ccc4c5ccc(-n6c7ccccc7c7cc(-c8ccc9sc%10ccccc%10c9c8)ccc76)cc5c5ccccc5c4c3)n2)cc1.c1ccc(-c2nc(-c3ccccc3)nc(-c3cccc4c3oc3c(-n5c6ccccc6c6cc(-c7ccc8sc9ccccc9c8c7)ccc65)cccc34)n2)cc1. The summed E-state index contributed by atoms with van der Waals surface area (Å²) in [4.78, 5) is 30.1. The second-order valence-electron chi connectivity index (χ2n) is 30.3. The van der Waals surface area contributed by atoms with Crippen molar-refractivity contribution in [3.05, 3.63) is 388 Å². The van der Waals surface area contributed by atoms with Crippen LogP contribution in [0, 0.1) is 0 Å². The molecule has 0 atom stereocenters. The normalized spacial score (nSPS) is 11.9. The maximum atomic E-state index is 7.02. The van der Waals surface area contributed by atoms with Crippen molar-refractivity contribution in [1.29, 1.82) is 0 Å². The molecule has 0 radical (unpaired) electrons. The molecule has 554 valence electrons. The predicted octanol–water partition coefficient (Wildman–Crippen LogP) is 29.4. The quantitative estimate of drug-likeness (QED) is 0.126. The first-order valence-corrected chi connectivity index (χ1v) is 41.6. The molecule has 0 spiro atoms. The summed E-state index contributed by atoms with van der Waals surface area (Å²) in [6, 6.07) is 138. The van der Waals surface area contributed by atoms with Gasteiger partial charge in [0.2, 0.25) is 0 Å². The highest BCUT2D eigenvalue weighted by Gasteiger charge is 2.25. The van der Waals surface area contributed by atoms with E-state index in [2.05, 4.69) is 270 Å². The molecule has 9 nitrogen and oxygen atoms in total. The summed E-state index contributed by atoms with van der Waals surface area (Å²) in [6.07, 6.45) is 0. The molecule has 119 heavy (non-hydrogen) atoms. The van der Waals surface area contributed by atoms with Crippen molar-refractivity contribution >= 4 is 161 Å². The largest absolute Gasteiger partial charge is 0.453 e. The summed E-state index contributed by atoms with van der Waals surface area (Å²) in [5.74, 6) is 3.74. The van der Waals surface area contributed by atoms with Gasteiger partial charge in [0.15, 0.2) is 40.5 Å². The highest BCUT2D eigenvalue weighted by atomic mass is 32.1. The maximum absolute atomic E-state index is 7.02. The summed E-state index contributed by atoms with van der Waals surface area (Å²) in [6.45, 7) is 0. The summed E-state index contributed by atoms with van der Waals surface area (Å²) in [7, 11) is 0. The van der Waals surface area contributed by atoms with Crippen molar-refractivity contribution in [2.45, 2.75) is 0 Å². The molecule has 0 fully saturated rings. The lowest BCUT2D eigenvalue weighted by atomic mass is 9.93. The van der Waals surface area contributed by atoms with Gasteiger partial charge in [-0.25, -0.2) is 29.9 Å². The number of thiophene rings is 2. The minimum absolute atomic E-state index is 0.562. The molecule has 25 rings (SSSR count). The molecule has 0 unspecified atom stereocenters. The Morgan fingerprint density at radius 2 is 0.521 bits per heavy atom. The van der Waals surface area contributed by atoms with Crippen molar-refractivity contribution in [2.24, 2.45) is 0 Å². The molecule has 0 N–H and O–H groups in total. The van der Waals surface area contributed by atoms with Gasteiger partial charge in [0.05, 0.1) is 33.3 Å². The molecule has 0 saturated heterocycles. The number of nitrogens with zero attached hydrogens (tertiary/aromatic N) is 8. The van der Waals surface area contributed by atoms with E-state index in [4.69, 9.17) is 34.3 Å². The molecule has 18 aromatic carbocycles. The van der Waals surface area contributed by atoms with E-state index in [1.54, 1.807) is 0 Å². The summed E-state index contributed by atoms with van der Waals surface area (Å²) in [5, 5.41) is 19.3. The number of rotatable bonds is 10. The lowest BCUT2D eigenvalue weighted by molar-refractivity contribution is 0.667. The van der Waals surface area contributed by atoms with Gasteiger partial charge in [0.25, 0.3) is 0 Å². The van der Waals surface area contributed by atoms with Crippen LogP contribution >= 0.6 is 22.7 Å². The smallest absolute Gasteiger partial charge is 0.167 e. The third kappa shape index (κ3) is 11.4. The van der Waals surface area contributed by atoms with Crippen LogP contribution in [0.4, 0.5) is 0 Å². The Kier molecular flexibility index (Phi) is 15.8. The highest BCUT2D eigenvalue weighted by Crippen LogP contribution is 2.47. The lowest BCUT2D eigenvalue weighted by Crippen LogP contribution is -2.00. The fraction of sp³-hybridized carbons (Fsp3) is 0. The molecule has 7 aromatic heterocycles. The average Bonchev–Trinajstić information content (AvgIpc) is 1.66. The van der Waals surface area contributed by atoms with E-state index in [1.807, 2.05) is 150 Å². The maximum Gasteiger partial charge on any atom is 0.167 e. The van der Waals surface area contributed by atoms with E-state index in [1.165, 1.54) is 127 Å². The van der Waals surface area contributed by atoms with Crippen molar-refractivity contribution in [2.75, 3.05) is 0 Å². The van der Waals surface area contributed by atoms with Gasteiger partial charge < -0.3 is 13.6 Å². The molecule has 0 aliphatic heterocycles. The van der Waals surface area contributed by atoms with Gasteiger partial charge in [-0.3, -0.25) is 0 Å². The van der Waals surface area contributed by atoms with E-state index in [9.17, 15) is 0 Å². The van der Waals surface area contributed by atoms with E-state index < -0.39 is 0 Å². The van der Waals surface area contributed by atoms with Gasteiger partial charge in [-0.1, -0.05) is 285 Å². The third-order valence-corrected chi connectivity index (χ3v) is 25.8. The van der Waals surface area contributed by atoms with Crippen LogP contribution in [0.1, 0.15) is 0 Å². The number of hydrogen-bond donors (Lipinski definition) is 0. The van der Waals surface area contributed by atoms with Gasteiger partial charge in [-0.15, -0.1) is 22.7 Å². The number of hydrogen-bond acceptors (Lipinski definition) is 9. The first kappa shape index (κ1) is 68.0. The predicted molar refractivity (Wildman–Crippen MR) is 497 cm³/mol. The highest BCUT2D eigenvalue weighted by molar-refractivity contribution is 7.26. The fourth-order valence-corrected chi connectivity index (χ4v) is 20.1. The Morgan fingerprint density at radius 3 is 1.03 bits per heavy atom. The van der Waals surface area contributed by atoms with E-state index >= 15 is 0 Å². The standard InChI is InChI=1S/C57H34N4S.C51H30N4OS/c1-3-13-35(14-4-1)55-58-56(36-15-5-2-6-16-36)60-57(59-55)39-23-27-43-44-28-26-40(34-48(44)42-18-8-7-17-41(42)47(43)33-39)61-51-21-11-9-19-45(51)49-31-37(24-29-52(49)61)38-25-30-54-50(32-38)46-20-10-12-22-53(46)62-54;1-3-13-31(14-4-1)49-52-50(32-15-5-2-6-16-32)54-51(53-49)39-21-11-19-37-38-20-12-23-44(48(38)56-47(37)39)55-42-22-9-7-17-35(42)40-29-33(25-27-43(40)55)34-26-28-46-41(30-34)36-18-8-10-24-45(36)57-46/h1-34H;1-30H. The van der Waals surface area contributed by atoms with Crippen LogP contribution in [0.15, 0.2) is 393 Å². The Morgan fingerprint density at radius 1 is 0.185 bits per heavy atom. The second-order valence-corrected chi connectivity index (χ2v) is 32.5. The van der Waals surface area contributed by atoms with Crippen LogP contribution in [-0.2, 0) is 0 Å². The first-order valence-electron chi connectivity index (χ1n) is 39.9. The molecule has 7 heterocycles. The van der Waals surface area contributed by atoms with Crippen molar-refractivity contribution < 1.29 is 4.42 Å². The van der Waals surface area contributed by atoms with Crippen molar-refractivity contribution in [3.8, 4) is 102 Å². The van der Waals surface area contributed by atoms with Crippen LogP contribution in [0.25, 0.3) is 240 Å². The monoisotopic (exact) mass is 1550 g/mol. The minimum Gasteiger partial charge on any atom is -0.453 e. The van der Waals surface area contributed by atoms with Gasteiger partial charge in [0.1, 0.15) is 5.58 Å². The van der Waals surface area contributed by atoms with Crippen molar-refractivity contribution in [3.63, 3.8) is 0 Å². The molecular formula is C108H64N8OS2. The molecule has 0 amide bonds. The number of para-hydroxylation sites is 4. The van der Waals surface area contributed by atoms with Crippen LogP contribution in [0.3, 0.4) is 0 Å². The number of furan rings is 1. The lowest BCUT2D eigenvalue weighted by Gasteiger charge is -2.15. The Labute approximate surface area is 689 Å². The fourth-order valence-electron chi connectivity index (χ4n) is 17.9. The Hall–Kier alpha value is -15.4. The minimum atomic E-state index is 0.562. The molecule has 11 heteroatoms. The Bertz CT molecular complexity index is 8300. The molecule has 0 bridgehead atoms. The van der Waals surface area contributed by atoms with E-state index in [0.29, 0.717) is 34.9 Å². The first-order chi connectivity index (χ1) is 59.0. The van der Waals surface area contributed by atoms with E-state index in [-0.39, 0.29) is 0 Å². The summed E-state index contributed by atoms with van der Waals surface area (Å²) < 4.78 is 17.1. The second kappa shape index (κ2) is 27.7. The van der Waals surface area contributed by atoms with Crippen LogP contribution in [-0.4, -0.2) is 39.0 Å². The number of fused-ring (bicyclic) bond motifs is 21. The van der Waals surface area contributed by atoms with Crippen molar-refractivity contribution in [1.82, 2.24) is 39.0 Å². The zero-order valence-electron chi connectivity index (χ0n) is 63.8. The van der Waals surface area contributed by atoms with Gasteiger partial charge in [-0.05, 0) is 158 Å². The topological polar surface area (TPSA) is 100 Å². The number of benzene rings is 18. The van der Waals surface area contributed by atoms with Crippen LogP contribution in [0.5, 0.6) is 0 Å². The Balaban J connectivity index is 0.000000136. The van der Waals surface area contributed by atoms with E-state index in [0.717, 1.165) is 77.7 Å². The molecule has 0 aliphatic carbocycles. The number of aromatic nitrogens is 8. The zero-order chi connectivity index (χ0) is 78.2. The van der Waals surface area contributed by atoms with Gasteiger partial charge in [-0.2, -0.15) is 0 Å². The summed E-state index contributed by atoms with van der Waals surface area (Å²) in [5.41, 5.74) is 18.6. The third-order valence-electron chi connectivity index (χ3n) is 23.5. The molecule has 0 saturated carbocycles. The van der Waals surface area contributed by atoms with Crippen LogP contribution < -0.4 is 0 Å². The van der Waals surface area contributed by atoms with Gasteiger partial charge in [0, 0.05) is 106 Å². The molecule has 25 aromatic rings. The molecular weight excluding hydrogens is 1490 g/mol. The average molecular weight is 1550 g/mol. The molecule has 0 aliphatic rings. The summed E-state index contributed by atoms with van der Waals surface area (Å²) >= 11 is 3.71. The van der Waals surface area contributed by atoms with Crippen LogP contribution in [0.2, 0.25) is 0 Å². The van der Waals surface area contributed by atoms with Gasteiger partial charge >= 0.3 is 0 Å².